The summed E-state index contributed by atoms with van der Waals surface area (Å²) < 4.78 is 5.00. The predicted octanol–water partition coefficient (Wildman–Crippen LogP) is 3.39. The van der Waals surface area contributed by atoms with Gasteiger partial charge in [-0.15, -0.1) is 0 Å². The van der Waals surface area contributed by atoms with E-state index in [1.54, 1.807) is 13.0 Å². The molecule has 1 aromatic carbocycles. The molecule has 0 aromatic heterocycles. The molecule has 0 aliphatic carbocycles. The molecule has 112 valence electrons. The maximum Gasteiger partial charge on any atom is 0.340 e. The molecule has 1 atom stereocenters. The van der Waals surface area contributed by atoms with Gasteiger partial charge >= 0.3 is 5.97 Å². The Labute approximate surface area is 125 Å². The normalized spacial score (nSPS) is 11.9. The summed E-state index contributed by atoms with van der Waals surface area (Å²) in [5.41, 5.74) is 7.73. The van der Waals surface area contributed by atoms with Crippen LogP contribution in [-0.2, 0) is 4.74 Å². The second-order valence-electron chi connectivity index (χ2n) is 4.52. The SMILES string of the molecule is CCOC(=O)c1cccc(NC(C)CCSCC)c1N. The van der Waals surface area contributed by atoms with E-state index in [9.17, 15) is 4.79 Å². The van der Waals surface area contributed by atoms with Gasteiger partial charge in [-0.05, 0) is 43.9 Å². The Morgan fingerprint density at radius 2 is 2.20 bits per heavy atom. The lowest BCUT2D eigenvalue weighted by molar-refractivity contribution is 0.0527. The van der Waals surface area contributed by atoms with Gasteiger partial charge in [-0.2, -0.15) is 11.8 Å². The number of nitrogen functional groups attached to an aromatic ring is 1. The molecule has 0 spiro atoms. The van der Waals surface area contributed by atoms with E-state index < -0.39 is 0 Å². The van der Waals surface area contributed by atoms with E-state index in [0.717, 1.165) is 23.6 Å². The fraction of sp³-hybridized carbons (Fsp3) is 0.533. The van der Waals surface area contributed by atoms with Gasteiger partial charge in [0.25, 0.3) is 0 Å². The molecule has 20 heavy (non-hydrogen) atoms. The van der Waals surface area contributed by atoms with Crippen molar-refractivity contribution >= 4 is 29.1 Å². The Bertz CT molecular complexity index is 438. The summed E-state index contributed by atoms with van der Waals surface area (Å²) in [6.07, 6.45) is 1.06. The Morgan fingerprint density at radius 3 is 2.85 bits per heavy atom. The molecule has 0 amide bonds. The molecule has 0 fully saturated rings. The van der Waals surface area contributed by atoms with Crippen LogP contribution in [0, 0.1) is 0 Å². The third kappa shape index (κ3) is 4.96. The number of ether oxygens (including phenoxy) is 1. The van der Waals surface area contributed by atoms with Crippen LogP contribution in [0.15, 0.2) is 18.2 Å². The van der Waals surface area contributed by atoms with Crippen molar-refractivity contribution in [2.45, 2.75) is 33.2 Å². The molecule has 0 aliphatic rings. The molecule has 1 aromatic rings. The largest absolute Gasteiger partial charge is 0.462 e. The van der Waals surface area contributed by atoms with Crippen molar-refractivity contribution in [1.29, 1.82) is 0 Å². The van der Waals surface area contributed by atoms with Crippen molar-refractivity contribution in [2.75, 3.05) is 29.2 Å². The molecule has 0 bridgehead atoms. The molecule has 5 heteroatoms. The number of hydrogen-bond donors (Lipinski definition) is 2. The van der Waals surface area contributed by atoms with Crippen LogP contribution in [0.25, 0.3) is 0 Å². The molecule has 1 rings (SSSR count). The van der Waals surface area contributed by atoms with Crippen molar-refractivity contribution < 1.29 is 9.53 Å². The minimum absolute atomic E-state index is 0.314. The Kier molecular flexibility index (Phi) is 7.30. The molecular formula is C15H24N2O2S. The smallest absolute Gasteiger partial charge is 0.340 e. The molecular weight excluding hydrogens is 272 g/mol. The maximum atomic E-state index is 11.8. The lowest BCUT2D eigenvalue weighted by Crippen LogP contribution is -2.18. The van der Waals surface area contributed by atoms with Crippen LogP contribution in [-0.4, -0.2) is 30.1 Å². The lowest BCUT2D eigenvalue weighted by atomic mass is 10.1. The average molecular weight is 296 g/mol. The predicted molar refractivity (Wildman–Crippen MR) is 87.5 cm³/mol. The summed E-state index contributed by atoms with van der Waals surface area (Å²) in [6.45, 7) is 6.40. The highest BCUT2D eigenvalue weighted by atomic mass is 32.2. The number of hydrogen-bond acceptors (Lipinski definition) is 5. The van der Waals surface area contributed by atoms with E-state index in [0.29, 0.717) is 23.9 Å². The summed E-state index contributed by atoms with van der Waals surface area (Å²) in [5.74, 6) is 1.87. The standard InChI is InChI=1S/C15H24N2O2S/c1-4-19-15(18)12-7-6-8-13(14(12)16)17-11(3)9-10-20-5-2/h6-8,11,17H,4-5,9-10,16H2,1-3H3. The molecule has 3 N–H and O–H groups in total. The van der Waals surface area contributed by atoms with E-state index >= 15 is 0 Å². The monoisotopic (exact) mass is 296 g/mol. The van der Waals surface area contributed by atoms with Crippen LogP contribution >= 0.6 is 11.8 Å². The lowest BCUT2D eigenvalue weighted by Gasteiger charge is -2.17. The zero-order valence-corrected chi connectivity index (χ0v) is 13.3. The van der Waals surface area contributed by atoms with Gasteiger partial charge in [0.05, 0.1) is 23.5 Å². The second-order valence-corrected chi connectivity index (χ2v) is 5.91. The topological polar surface area (TPSA) is 64.3 Å². The second kappa shape index (κ2) is 8.74. The first-order chi connectivity index (χ1) is 9.60. The van der Waals surface area contributed by atoms with Gasteiger partial charge in [0.2, 0.25) is 0 Å². The fourth-order valence-electron chi connectivity index (χ4n) is 1.82. The molecule has 4 nitrogen and oxygen atoms in total. The van der Waals surface area contributed by atoms with Gasteiger partial charge in [0.1, 0.15) is 0 Å². The quantitative estimate of drug-likeness (QED) is 0.437. The van der Waals surface area contributed by atoms with Crippen LogP contribution in [0.1, 0.15) is 37.6 Å². The number of nitrogens with two attached hydrogens (primary N) is 1. The minimum Gasteiger partial charge on any atom is -0.462 e. The summed E-state index contributed by atoms with van der Waals surface area (Å²) in [6, 6.07) is 5.71. The maximum absolute atomic E-state index is 11.8. The van der Waals surface area contributed by atoms with Crippen molar-refractivity contribution in [1.82, 2.24) is 0 Å². The summed E-state index contributed by atoms with van der Waals surface area (Å²) in [7, 11) is 0. The number of carbonyl (C=O) groups excluding carboxylic acids is 1. The minimum atomic E-state index is -0.372. The third-order valence-electron chi connectivity index (χ3n) is 2.90. The Balaban J connectivity index is 2.71. The van der Waals surface area contributed by atoms with Crippen LogP contribution in [0.3, 0.4) is 0 Å². The number of rotatable bonds is 8. The molecule has 1 unspecified atom stereocenters. The average Bonchev–Trinajstić information content (AvgIpc) is 2.41. The highest BCUT2D eigenvalue weighted by Gasteiger charge is 2.14. The van der Waals surface area contributed by atoms with Gasteiger partial charge in [0.15, 0.2) is 0 Å². The summed E-state index contributed by atoms with van der Waals surface area (Å²) >= 11 is 1.92. The first-order valence-corrected chi connectivity index (χ1v) is 8.15. The van der Waals surface area contributed by atoms with Crippen molar-refractivity contribution in [3.8, 4) is 0 Å². The van der Waals surface area contributed by atoms with Crippen LogP contribution in [0.2, 0.25) is 0 Å². The van der Waals surface area contributed by atoms with Crippen molar-refractivity contribution in [3.63, 3.8) is 0 Å². The summed E-state index contributed by atoms with van der Waals surface area (Å²) in [5, 5.41) is 3.36. The third-order valence-corrected chi connectivity index (χ3v) is 3.84. The van der Waals surface area contributed by atoms with Gasteiger partial charge in [-0.25, -0.2) is 4.79 Å². The van der Waals surface area contributed by atoms with Gasteiger partial charge in [-0.1, -0.05) is 13.0 Å². The van der Waals surface area contributed by atoms with Crippen LogP contribution in [0.4, 0.5) is 11.4 Å². The molecule has 0 heterocycles. The van der Waals surface area contributed by atoms with Gasteiger partial charge in [-0.3, -0.25) is 0 Å². The van der Waals surface area contributed by atoms with E-state index in [1.807, 2.05) is 23.9 Å². The van der Waals surface area contributed by atoms with Crippen molar-refractivity contribution in [3.05, 3.63) is 23.8 Å². The number of benzene rings is 1. The number of thioether (sulfide) groups is 1. The van der Waals surface area contributed by atoms with Crippen LogP contribution in [0.5, 0.6) is 0 Å². The van der Waals surface area contributed by atoms with Gasteiger partial charge < -0.3 is 15.8 Å². The van der Waals surface area contributed by atoms with Crippen LogP contribution < -0.4 is 11.1 Å². The van der Waals surface area contributed by atoms with Crippen molar-refractivity contribution in [2.24, 2.45) is 0 Å². The number of esters is 1. The van der Waals surface area contributed by atoms with E-state index in [4.69, 9.17) is 10.5 Å². The van der Waals surface area contributed by atoms with E-state index in [-0.39, 0.29) is 5.97 Å². The number of para-hydroxylation sites is 1. The zero-order valence-electron chi connectivity index (χ0n) is 12.4. The van der Waals surface area contributed by atoms with Gasteiger partial charge in [0, 0.05) is 6.04 Å². The molecule has 0 aliphatic heterocycles. The van der Waals surface area contributed by atoms with E-state index in [2.05, 4.69) is 19.2 Å². The number of nitrogens with one attached hydrogen (secondary N) is 1. The highest BCUT2D eigenvalue weighted by molar-refractivity contribution is 7.99. The Hall–Kier alpha value is -1.36. The molecule has 0 saturated carbocycles. The first kappa shape index (κ1) is 16.7. The molecule has 0 saturated heterocycles. The highest BCUT2D eigenvalue weighted by Crippen LogP contribution is 2.24. The number of anilines is 2. The zero-order chi connectivity index (χ0) is 15.0. The van der Waals surface area contributed by atoms with E-state index in [1.165, 1.54) is 0 Å². The Morgan fingerprint density at radius 1 is 1.45 bits per heavy atom. The summed E-state index contributed by atoms with van der Waals surface area (Å²) in [4.78, 5) is 11.8. The first-order valence-electron chi connectivity index (χ1n) is 7.00. The fourth-order valence-corrected chi connectivity index (χ4v) is 2.63. The number of carbonyl (C=O) groups is 1. The molecule has 0 radical (unpaired) electrons.